The van der Waals surface area contributed by atoms with E-state index in [2.05, 4.69) is 22.9 Å². The van der Waals surface area contributed by atoms with E-state index in [0.717, 1.165) is 5.56 Å². The highest BCUT2D eigenvalue weighted by Gasteiger charge is 2.29. The molecule has 0 radical (unpaired) electrons. The van der Waals surface area contributed by atoms with Crippen LogP contribution in [-0.4, -0.2) is 16.3 Å². The third-order valence-electron chi connectivity index (χ3n) is 3.51. The zero-order valence-electron chi connectivity index (χ0n) is 10.6. The maximum atomic E-state index is 9.42. The molecule has 0 amide bonds. The SMILES string of the molecule is Cn1cc([C@H](N)C(C)(C)CO)c2ccccc21. The average molecular weight is 232 g/mol. The van der Waals surface area contributed by atoms with Crippen molar-refractivity contribution in [1.82, 2.24) is 4.57 Å². The molecule has 17 heavy (non-hydrogen) atoms. The van der Waals surface area contributed by atoms with Crippen LogP contribution in [0, 0.1) is 5.41 Å². The Kier molecular flexibility index (Phi) is 2.98. The van der Waals surface area contributed by atoms with Crippen LogP contribution in [0.15, 0.2) is 30.5 Å². The molecular formula is C14H20N2O. The molecule has 0 bridgehead atoms. The largest absolute Gasteiger partial charge is 0.396 e. The minimum absolute atomic E-state index is 0.0807. The van der Waals surface area contributed by atoms with E-state index >= 15 is 0 Å². The van der Waals surface area contributed by atoms with E-state index < -0.39 is 0 Å². The van der Waals surface area contributed by atoms with Crippen molar-refractivity contribution < 1.29 is 5.11 Å². The van der Waals surface area contributed by atoms with E-state index in [9.17, 15) is 5.11 Å². The number of aryl methyl sites for hydroxylation is 1. The third kappa shape index (κ3) is 1.96. The number of hydrogen-bond acceptors (Lipinski definition) is 2. The molecule has 3 nitrogen and oxygen atoms in total. The van der Waals surface area contributed by atoms with Crippen LogP contribution in [0.3, 0.4) is 0 Å². The maximum absolute atomic E-state index is 9.42. The minimum Gasteiger partial charge on any atom is -0.396 e. The van der Waals surface area contributed by atoms with Crippen LogP contribution in [0.25, 0.3) is 10.9 Å². The van der Waals surface area contributed by atoms with Gasteiger partial charge in [0.25, 0.3) is 0 Å². The number of aromatic nitrogens is 1. The lowest BCUT2D eigenvalue weighted by Crippen LogP contribution is -2.32. The molecule has 0 saturated carbocycles. The molecule has 0 spiro atoms. The first kappa shape index (κ1) is 12.1. The first-order chi connectivity index (χ1) is 7.97. The normalized spacial score (nSPS) is 14.2. The van der Waals surface area contributed by atoms with Gasteiger partial charge in [0, 0.05) is 42.2 Å². The molecule has 0 saturated heterocycles. The zero-order valence-corrected chi connectivity index (χ0v) is 10.6. The lowest BCUT2D eigenvalue weighted by molar-refractivity contribution is 0.132. The Labute approximate surface area is 102 Å². The summed E-state index contributed by atoms with van der Waals surface area (Å²) in [5, 5.41) is 10.6. The van der Waals surface area contributed by atoms with Gasteiger partial charge in [-0.3, -0.25) is 0 Å². The topological polar surface area (TPSA) is 51.2 Å². The van der Waals surface area contributed by atoms with Crippen molar-refractivity contribution in [2.45, 2.75) is 19.9 Å². The van der Waals surface area contributed by atoms with Gasteiger partial charge in [-0.1, -0.05) is 32.0 Å². The first-order valence-corrected chi connectivity index (χ1v) is 5.88. The monoisotopic (exact) mass is 232 g/mol. The first-order valence-electron chi connectivity index (χ1n) is 5.88. The van der Waals surface area contributed by atoms with Gasteiger partial charge < -0.3 is 15.4 Å². The number of nitrogens with two attached hydrogens (primary N) is 1. The smallest absolute Gasteiger partial charge is 0.0500 e. The van der Waals surface area contributed by atoms with Crippen LogP contribution < -0.4 is 5.73 Å². The second-order valence-corrected chi connectivity index (χ2v) is 5.34. The summed E-state index contributed by atoms with van der Waals surface area (Å²) in [6, 6.07) is 8.04. The van der Waals surface area contributed by atoms with Crippen molar-refractivity contribution in [3.8, 4) is 0 Å². The number of aliphatic hydroxyl groups excluding tert-OH is 1. The summed E-state index contributed by atoms with van der Waals surface area (Å²) in [6.45, 7) is 4.05. The Morgan fingerprint density at radius 3 is 2.65 bits per heavy atom. The number of para-hydroxylation sites is 1. The van der Waals surface area contributed by atoms with Gasteiger partial charge in [-0.05, 0) is 11.6 Å². The summed E-state index contributed by atoms with van der Waals surface area (Å²) < 4.78 is 2.08. The quantitative estimate of drug-likeness (QED) is 0.852. The minimum atomic E-state index is -0.315. The fourth-order valence-corrected chi connectivity index (χ4v) is 2.14. The van der Waals surface area contributed by atoms with E-state index in [0.29, 0.717) is 0 Å². The summed E-state index contributed by atoms with van der Waals surface area (Å²) in [6.07, 6.45) is 2.06. The molecule has 0 fully saturated rings. The van der Waals surface area contributed by atoms with E-state index in [-0.39, 0.29) is 18.1 Å². The highest BCUT2D eigenvalue weighted by molar-refractivity contribution is 5.84. The predicted molar refractivity (Wildman–Crippen MR) is 70.7 cm³/mol. The van der Waals surface area contributed by atoms with Crippen LogP contribution in [0.5, 0.6) is 0 Å². The van der Waals surface area contributed by atoms with Gasteiger partial charge in [-0.15, -0.1) is 0 Å². The van der Waals surface area contributed by atoms with Gasteiger partial charge >= 0.3 is 0 Å². The van der Waals surface area contributed by atoms with Crippen molar-refractivity contribution in [3.63, 3.8) is 0 Å². The van der Waals surface area contributed by atoms with Crippen LogP contribution in [0.1, 0.15) is 25.5 Å². The summed E-state index contributed by atoms with van der Waals surface area (Å²) in [4.78, 5) is 0. The molecule has 0 aliphatic rings. The van der Waals surface area contributed by atoms with Gasteiger partial charge in [-0.25, -0.2) is 0 Å². The Morgan fingerprint density at radius 2 is 2.00 bits per heavy atom. The fourth-order valence-electron chi connectivity index (χ4n) is 2.14. The number of fused-ring (bicyclic) bond motifs is 1. The predicted octanol–water partition coefficient (Wildman–Crippen LogP) is 2.20. The summed E-state index contributed by atoms with van der Waals surface area (Å²) in [5.74, 6) is 0. The van der Waals surface area contributed by atoms with Gasteiger partial charge in [0.2, 0.25) is 0 Å². The molecular weight excluding hydrogens is 212 g/mol. The molecule has 1 atom stereocenters. The zero-order chi connectivity index (χ0) is 12.6. The summed E-state index contributed by atoms with van der Waals surface area (Å²) in [7, 11) is 2.02. The Hall–Kier alpha value is -1.32. The fraction of sp³-hybridized carbons (Fsp3) is 0.429. The van der Waals surface area contributed by atoms with Crippen LogP contribution in [0.4, 0.5) is 0 Å². The number of aliphatic hydroxyl groups is 1. The Bertz CT molecular complexity index is 528. The van der Waals surface area contributed by atoms with Gasteiger partial charge in [0.15, 0.2) is 0 Å². The number of hydrogen-bond donors (Lipinski definition) is 2. The Balaban J connectivity index is 2.56. The number of benzene rings is 1. The average Bonchev–Trinajstić information content (AvgIpc) is 2.66. The van der Waals surface area contributed by atoms with Crippen molar-refractivity contribution >= 4 is 10.9 Å². The van der Waals surface area contributed by atoms with Crippen LogP contribution in [0.2, 0.25) is 0 Å². The molecule has 2 rings (SSSR count). The molecule has 92 valence electrons. The van der Waals surface area contributed by atoms with Crippen molar-refractivity contribution in [1.29, 1.82) is 0 Å². The molecule has 1 heterocycles. The lowest BCUT2D eigenvalue weighted by atomic mass is 9.82. The van der Waals surface area contributed by atoms with E-state index in [4.69, 9.17) is 5.73 Å². The number of rotatable bonds is 3. The molecule has 3 heteroatoms. The molecule has 0 aliphatic heterocycles. The van der Waals surface area contributed by atoms with Gasteiger partial charge in [0.05, 0.1) is 0 Å². The van der Waals surface area contributed by atoms with Crippen molar-refractivity contribution in [2.24, 2.45) is 18.2 Å². The standard InChI is InChI=1S/C14H20N2O/c1-14(2,9-17)13(15)11-8-16(3)12-7-5-4-6-10(11)12/h4-8,13,17H,9,15H2,1-3H3/t13-/m0/s1. The van der Waals surface area contributed by atoms with Crippen LogP contribution in [-0.2, 0) is 7.05 Å². The second kappa shape index (κ2) is 4.17. The Morgan fingerprint density at radius 1 is 1.35 bits per heavy atom. The lowest BCUT2D eigenvalue weighted by Gasteiger charge is -2.29. The second-order valence-electron chi connectivity index (χ2n) is 5.34. The van der Waals surface area contributed by atoms with E-state index in [1.807, 2.05) is 33.0 Å². The van der Waals surface area contributed by atoms with E-state index in [1.54, 1.807) is 0 Å². The van der Waals surface area contributed by atoms with Crippen LogP contribution >= 0.6 is 0 Å². The van der Waals surface area contributed by atoms with Crippen molar-refractivity contribution in [2.75, 3.05) is 6.61 Å². The molecule has 3 N–H and O–H groups in total. The highest BCUT2D eigenvalue weighted by Crippen LogP contribution is 2.35. The van der Waals surface area contributed by atoms with Crippen molar-refractivity contribution in [3.05, 3.63) is 36.0 Å². The molecule has 2 aromatic rings. The molecule has 1 aromatic heterocycles. The molecule has 0 aliphatic carbocycles. The third-order valence-corrected chi connectivity index (χ3v) is 3.51. The maximum Gasteiger partial charge on any atom is 0.0500 e. The molecule has 0 unspecified atom stereocenters. The van der Waals surface area contributed by atoms with Gasteiger partial charge in [0.1, 0.15) is 0 Å². The molecule has 1 aromatic carbocycles. The summed E-state index contributed by atoms with van der Waals surface area (Å²) in [5.41, 5.74) is 8.25. The van der Waals surface area contributed by atoms with E-state index in [1.165, 1.54) is 10.9 Å². The highest BCUT2D eigenvalue weighted by atomic mass is 16.3. The number of nitrogens with zero attached hydrogens (tertiary/aromatic N) is 1. The van der Waals surface area contributed by atoms with Gasteiger partial charge in [-0.2, -0.15) is 0 Å². The summed E-state index contributed by atoms with van der Waals surface area (Å²) >= 11 is 0.